The van der Waals surface area contributed by atoms with E-state index in [4.69, 9.17) is 0 Å². The smallest absolute Gasteiger partial charge is 0.334 e. The van der Waals surface area contributed by atoms with Crippen molar-refractivity contribution >= 4 is 17.2 Å². The van der Waals surface area contributed by atoms with E-state index in [0.29, 0.717) is 18.7 Å². The Balaban J connectivity index is 2.10. The van der Waals surface area contributed by atoms with E-state index in [0.717, 1.165) is 17.0 Å². The van der Waals surface area contributed by atoms with Gasteiger partial charge in [0.1, 0.15) is 0 Å². The molecule has 1 aromatic carbocycles. The second kappa shape index (κ2) is 7.46. The number of alkyl halides is 3. The molecule has 0 saturated heterocycles. The summed E-state index contributed by atoms with van der Waals surface area (Å²) in [5.74, 6) is -0.224. The van der Waals surface area contributed by atoms with E-state index in [1.54, 1.807) is 11.0 Å². The molecule has 0 bridgehead atoms. The van der Waals surface area contributed by atoms with Crippen LogP contribution in [-0.2, 0) is 23.9 Å². The van der Waals surface area contributed by atoms with Gasteiger partial charge in [-0.05, 0) is 23.1 Å². The van der Waals surface area contributed by atoms with Crippen molar-refractivity contribution in [2.75, 3.05) is 6.54 Å². The number of rotatable bonds is 6. The molecule has 0 radical (unpaired) electrons. The molecule has 2 nitrogen and oxygen atoms in total. The predicted octanol–water partition coefficient (Wildman–Crippen LogP) is 4.52. The van der Waals surface area contributed by atoms with Crippen LogP contribution in [0.1, 0.15) is 16.0 Å². The lowest BCUT2D eigenvalue weighted by molar-refractivity contribution is -0.138. The molecule has 0 fully saturated rings. The van der Waals surface area contributed by atoms with Crippen molar-refractivity contribution in [3.8, 4) is 0 Å². The SMILES string of the molecule is C=CCN(Cc1cccs1)C(=O)Cc1cccc(C(F)(F)F)c1. The summed E-state index contributed by atoms with van der Waals surface area (Å²) < 4.78 is 38.2. The summed E-state index contributed by atoms with van der Waals surface area (Å²) in [6.45, 7) is 4.42. The zero-order valence-electron chi connectivity index (χ0n) is 12.3. The normalized spacial score (nSPS) is 11.3. The van der Waals surface area contributed by atoms with Gasteiger partial charge in [-0.3, -0.25) is 4.79 Å². The lowest BCUT2D eigenvalue weighted by atomic mass is 10.1. The number of nitrogens with zero attached hydrogens (tertiary/aromatic N) is 1. The summed E-state index contributed by atoms with van der Waals surface area (Å²) in [5.41, 5.74) is -0.388. The zero-order chi connectivity index (χ0) is 16.9. The highest BCUT2D eigenvalue weighted by Gasteiger charge is 2.30. The van der Waals surface area contributed by atoms with Crippen molar-refractivity contribution in [1.82, 2.24) is 4.90 Å². The highest BCUT2D eigenvalue weighted by molar-refractivity contribution is 7.09. The number of hydrogen-bond acceptors (Lipinski definition) is 2. The summed E-state index contributed by atoms with van der Waals surface area (Å²) in [7, 11) is 0. The molecule has 0 saturated carbocycles. The quantitative estimate of drug-likeness (QED) is 0.709. The van der Waals surface area contributed by atoms with Crippen LogP contribution in [0.15, 0.2) is 54.4 Å². The van der Waals surface area contributed by atoms with Crippen LogP contribution in [0.25, 0.3) is 0 Å². The minimum absolute atomic E-state index is 0.0663. The van der Waals surface area contributed by atoms with Gasteiger partial charge in [-0.2, -0.15) is 13.2 Å². The van der Waals surface area contributed by atoms with Crippen molar-refractivity contribution in [2.24, 2.45) is 0 Å². The van der Waals surface area contributed by atoms with Gasteiger partial charge < -0.3 is 4.90 Å². The second-order valence-electron chi connectivity index (χ2n) is 5.02. The maximum atomic E-state index is 12.7. The zero-order valence-corrected chi connectivity index (χ0v) is 13.2. The van der Waals surface area contributed by atoms with E-state index in [1.165, 1.54) is 23.5 Å². The average molecular weight is 339 g/mol. The third-order valence-electron chi connectivity index (χ3n) is 3.24. The van der Waals surface area contributed by atoms with Gasteiger partial charge in [0.05, 0.1) is 18.5 Å². The molecule has 1 heterocycles. The van der Waals surface area contributed by atoms with Crippen LogP contribution in [0.2, 0.25) is 0 Å². The first kappa shape index (κ1) is 17.3. The maximum Gasteiger partial charge on any atom is 0.416 e. The molecule has 0 aliphatic heterocycles. The lowest BCUT2D eigenvalue weighted by Gasteiger charge is -2.20. The Labute approximate surface area is 136 Å². The first-order valence-electron chi connectivity index (χ1n) is 6.97. The fraction of sp³-hybridized carbons (Fsp3) is 0.235. The van der Waals surface area contributed by atoms with E-state index < -0.39 is 11.7 Å². The maximum absolute atomic E-state index is 12.7. The Morgan fingerprint density at radius 1 is 1.26 bits per heavy atom. The van der Waals surface area contributed by atoms with Gasteiger partial charge in [0.2, 0.25) is 5.91 Å². The minimum atomic E-state index is -4.41. The first-order valence-corrected chi connectivity index (χ1v) is 7.85. The van der Waals surface area contributed by atoms with E-state index in [-0.39, 0.29) is 12.3 Å². The molecule has 0 aliphatic carbocycles. The summed E-state index contributed by atoms with van der Waals surface area (Å²) in [4.78, 5) is 15.0. The van der Waals surface area contributed by atoms with Crippen LogP contribution in [0.5, 0.6) is 0 Å². The number of hydrogen-bond donors (Lipinski definition) is 0. The van der Waals surface area contributed by atoms with Crippen molar-refractivity contribution in [1.29, 1.82) is 0 Å². The molecule has 2 aromatic rings. The first-order chi connectivity index (χ1) is 10.9. The van der Waals surface area contributed by atoms with Crippen LogP contribution in [0.3, 0.4) is 0 Å². The number of carbonyl (C=O) groups excluding carboxylic acids is 1. The predicted molar refractivity (Wildman–Crippen MR) is 85.1 cm³/mol. The minimum Gasteiger partial charge on any atom is -0.334 e. The van der Waals surface area contributed by atoms with Gasteiger partial charge in [-0.1, -0.05) is 30.3 Å². The molecular weight excluding hydrogens is 323 g/mol. The lowest BCUT2D eigenvalue weighted by Crippen LogP contribution is -2.31. The van der Waals surface area contributed by atoms with Crippen LogP contribution >= 0.6 is 11.3 Å². The summed E-state index contributed by atoms with van der Waals surface area (Å²) >= 11 is 1.53. The van der Waals surface area contributed by atoms with Gasteiger partial charge >= 0.3 is 6.18 Å². The van der Waals surface area contributed by atoms with Crippen molar-refractivity contribution in [3.63, 3.8) is 0 Å². The molecule has 0 unspecified atom stereocenters. The number of thiophene rings is 1. The van der Waals surface area contributed by atoms with Crippen molar-refractivity contribution < 1.29 is 18.0 Å². The van der Waals surface area contributed by atoms with Crippen LogP contribution < -0.4 is 0 Å². The fourth-order valence-corrected chi connectivity index (χ4v) is 2.86. The van der Waals surface area contributed by atoms with Gasteiger partial charge in [0.15, 0.2) is 0 Å². The van der Waals surface area contributed by atoms with Crippen LogP contribution in [-0.4, -0.2) is 17.4 Å². The monoisotopic (exact) mass is 339 g/mol. The van der Waals surface area contributed by atoms with Crippen LogP contribution in [0.4, 0.5) is 13.2 Å². The van der Waals surface area contributed by atoms with Crippen LogP contribution in [0, 0.1) is 0 Å². The average Bonchev–Trinajstić information content (AvgIpc) is 2.99. The Bertz CT molecular complexity index is 665. The fourth-order valence-electron chi connectivity index (χ4n) is 2.15. The van der Waals surface area contributed by atoms with E-state index in [2.05, 4.69) is 6.58 Å². The Hall–Kier alpha value is -2.08. The molecule has 0 atom stereocenters. The molecule has 0 aliphatic rings. The molecule has 0 spiro atoms. The molecule has 1 amide bonds. The molecule has 1 aromatic heterocycles. The van der Waals surface area contributed by atoms with Crippen molar-refractivity contribution in [3.05, 3.63) is 70.4 Å². The second-order valence-corrected chi connectivity index (χ2v) is 6.05. The standard InChI is InChI=1S/C17H16F3NOS/c1-2-8-21(12-15-7-4-9-23-15)16(22)11-13-5-3-6-14(10-13)17(18,19)20/h2-7,9-10H,1,8,11-12H2. The number of benzene rings is 1. The van der Waals surface area contributed by atoms with E-state index in [9.17, 15) is 18.0 Å². The summed E-state index contributed by atoms with van der Waals surface area (Å²) in [6, 6.07) is 8.69. The molecular formula is C17H16F3NOS. The van der Waals surface area contributed by atoms with Gasteiger partial charge in [-0.25, -0.2) is 0 Å². The van der Waals surface area contributed by atoms with Gasteiger partial charge in [0.25, 0.3) is 0 Å². The Morgan fingerprint density at radius 2 is 2.04 bits per heavy atom. The third kappa shape index (κ3) is 4.96. The molecule has 0 N–H and O–H groups in total. The summed E-state index contributed by atoms with van der Waals surface area (Å²) in [5, 5.41) is 1.92. The Morgan fingerprint density at radius 3 is 2.65 bits per heavy atom. The largest absolute Gasteiger partial charge is 0.416 e. The van der Waals surface area contributed by atoms with Gasteiger partial charge in [0, 0.05) is 11.4 Å². The molecule has 2 rings (SSSR count). The van der Waals surface area contributed by atoms with Gasteiger partial charge in [-0.15, -0.1) is 17.9 Å². The number of amides is 1. The Kier molecular flexibility index (Phi) is 5.60. The molecule has 23 heavy (non-hydrogen) atoms. The molecule has 6 heteroatoms. The van der Waals surface area contributed by atoms with E-state index >= 15 is 0 Å². The highest BCUT2D eigenvalue weighted by atomic mass is 32.1. The summed E-state index contributed by atoms with van der Waals surface area (Å²) in [6.07, 6.45) is -2.86. The number of halogens is 3. The number of carbonyl (C=O) groups is 1. The topological polar surface area (TPSA) is 20.3 Å². The van der Waals surface area contributed by atoms with E-state index in [1.807, 2.05) is 17.5 Å². The molecule has 122 valence electrons. The highest BCUT2D eigenvalue weighted by Crippen LogP contribution is 2.29. The third-order valence-corrected chi connectivity index (χ3v) is 4.10. The van der Waals surface area contributed by atoms with Crippen molar-refractivity contribution in [2.45, 2.75) is 19.1 Å².